The summed E-state index contributed by atoms with van der Waals surface area (Å²) in [5.41, 5.74) is 7.10. The molecule has 0 radical (unpaired) electrons. The predicted molar refractivity (Wildman–Crippen MR) is 144 cm³/mol. The van der Waals surface area contributed by atoms with Gasteiger partial charge in [0.15, 0.2) is 0 Å². The molecule has 1 aliphatic rings. The molecule has 0 spiro atoms. The van der Waals surface area contributed by atoms with Gasteiger partial charge in [-0.05, 0) is 97.5 Å². The molecule has 1 N–H and O–H groups in total. The molecule has 0 bridgehead atoms. The summed E-state index contributed by atoms with van der Waals surface area (Å²) in [4.78, 5) is 18.0. The highest BCUT2D eigenvalue weighted by Gasteiger charge is 2.42. The summed E-state index contributed by atoms with van der Waals surface area (Å²) in [6.07, 6.45) is 11.1. The van der Waals surface area contributed by atoms with E-state index in [0.717, 1.165) is 33.5 Å². The van der Waals surface area contributed by atoms with Gasteiger partial charge in [-0.3, -0.25) is 9.78 Å². The summed E-state index contributed by atoms with van der Waals surface area (Å²) in [7, 11) is 0. The van der Waals surface area contributed by atoms with Gasteiger partial charge in [0.2, 0.25) is 0 Å². The van der Waals surface area contributed by atoms with Crippen molar-refractivity contribution in [1.82, 2.24) is 4.98 Å². The van der Waals surface area contributed by atoms with Gasteiger partial charge in [0.1, 0.15) is 5.78 Å². The molecule has 1 aliphatic carbocycles. The molecule has 2 unspecified atom stereocenters. The Balaban J connectivity index is 1.83. The maximum Gasteiger partial charge on any atom is 0.138 e. The molecule has 0 amide bonds. The Bertz CT molecular complexity index is 1290. The lowest BCUT2D eigenvalue weighted by Crippen LogP contribution is -2.37. The zero-order valence-electron chi connectivity index (χ0n) is 21.2. The Kier molecular flexibility index (Phi) is 7.03. The maximum absolute atomic E-state index is 13.2. The van der Waals surface area contributed by atoms with Crippen molar-refractivity contribution in [3.63, 3.8) is 0 Å². The van der Waals surface area contributed by atoms with E-state index in [9.17, 15) is 4.79 Å². The number of aromatic nitrogens is 1. The van der Waals surface area contributed by atoms with Crippen LogP contribution in [-0.2, 0) is 10.2 Å². The first-order chi connectivity index (χ1) is 16.7. The fourth-order valence-electron chi connectivity index (χ4n) is 5.29. The normalized spacial score (nSPS) is 15.6. The topological polar surface area (TPSA) is 53.8 Å². The summed E-state index contributed by atoms with van der Waals surface area (Å²) in [6.45, 7) is 7.79. The van der Waals surface area contributed by atoms with Crippen LogP contribution in [0.5, 0.6) is 0 Å². The lowest BCUT2D eigenvalue weighted by Gasteiger charge is -2.37. The van der Waals surface area contributed by atoms with Gasteiger partial charge in [-0.2, -0.15) is 0 Å². The van der Waals surface area contributed by atoms with Crippen molar-refractivity contribution in [2.75, 3.05) is 0 Å². The minimum absolute atomic E-state index is 0.0907. The molecular weight excluding hydrogens is 428 g/mol. The van der Waals surface area contributed by atoms with Crippen LogP contribution in [0.15, 0.2) is 60.8 Å². The standard InChI is InChI=1S/C32H34N2O/c1-6-23-16-21(3)17-28(18-23)27-14-15-34-30(19-27)32(5,20-29(33)7-2)31(22(4)35)26-12-10-25(11-13-26)24-8-9-24/h1,10-19,24,31,33H,7-9,20H2,2-5H3. The average Bonchev–Trinajstić information content (AvgIpc) is 3.69. The predicted octanol–water partition coefficient (Wildman–Crippen LogP) is 7.37. The van der Waals surface area contributed by atoms with Crippen LogP contribution >= 0.6 is 0 Å². The number of pyridine rings is 1. The van der Waals surface area contributed by atoms with E-state index >= 15 is 0 Å². The highest BCUT2D eigenvalue weighted by molar-refractivity contribution is 5.89. The number of nitrogens with zero attached hydrogens (tertiary/aromatic N) is 1. The third-order valence-corrected chi connectivity index (χ3v) is 7.29. The molecule has 1 fully saturated rings. The number of Topliss-reactive ketones (excluding diaryl/α,β-unsaturated/α-hetero) is 1. The van der Waals surface area contributed by atoms with E-state index in [4.69, 9.17) is 16.8 Å². The Hall–Kier alpha value is -3.51. The van der Waals surface area contributed by atoms with Gasteiger partial charge in [-0.25, -0.2) is 0 Å². The van der Waals surface area contributed by atoms with Crippen LogP contribution in [0.4, 0.5) is 0 Å². The number of carbonyl (C=O) groups excluding carboxylic acids is 1. The minimum Gasteiger partial charge on any atom is -0.310 e. The minimum atomic E-state index is -0.658. The van der Waals surface area contributed by atoms with Gasteiger partial charge < -0.3 is 5.41 Å². The van der Waals surface area contributed by atoms with Crippen LogP contribution in [0, 0.1) is 24.7 Å². The van der Waals surface area contributed by atoms with E-state index in [2.05, 4.69) is 49.2 Å². The van der Waals surface area contributed by atoms with E-state index in [1.54, 1.807) is 6.92 Å². The molecule has 1 aromatic heterocycles. The Labute approximate surface area is 209 Å². The van der Waals surface area contributed by atoms with Gasteiger partial charge in [0, 0.05) is 28.6 Å². The Morgan fingerprint density at radius 1 is 1.14 bits per heavy atom. The van der Waals surface area contributed by atoms with Crippen molar-refractivity contribution < 1.29 is 4.79 Å². The van der Waals surface area contributed by atoms with Crippen molar-refractivity contribution in [2.24, 2.45) is 0 Å². The first-order valence-corrected chi connectivity index (χ1v) is 12.5. The second-order valence-electron chi connectivity index (χ2n) is 10.2. The van der Waals surface area contributed by atoms with E-state index < -0.39 is 11.3 Å². The quantitative estimate of drug-likeness (QED) is 0.267. The molecule has 0 saturated heterocycles. The fourth-order valence-corrected chi connectivity index (χ4v) is 5.29. The molecule has 3 nitrogen and oxygen atoms in total. The summed E-state index contributed by atoms with van der Waals surface area (Å²) < 4.78 is 0. The zero-order valence-corrected chi connectivity index (χ0v) is 21.2. The molecule has 3 heteroatoms. The van der Waals surface area contributed by atoms with Gasteiger partial charge in [0.25, 0.3) is 0 Å². The Morgan fingerprint density at radius 2 is 1.86 bits per heavy atom. The second-order valence-corrected chi connectivity index (χ2v) is 10.2. The van der Waals surface area contributed by atoms with Crippen molar-refractivity contribution in [2.45, 2.75) is 70.6 Å². The van der Waals surface area contributed by atoms with E-state index in [-0.39, 0.29) is 5.78 Å². The van der Waals surface area contributed by atoms with E-state index in [0.29, 0.717) is 24.5 Å². The lowest BCUT2D eigenvalue weighted by molar-refractivity contribution is -0.119. The van der Waals surface area contributed by atoms with Crippen molar-refractivity contribution in [1.29, 1.82) is 5.41 Å². The number of benzene rings is 2. The second kappa shape index (κ2) is 10.0. The number of nitrogens with one attached hydrogen (secondary N) is 1. The van der Waals surface area contributed by atoms with Gasteiger partial charge >= 0.3 is 0 Å². The first-order valence-electron chi connectivity index (χ1n) is 12.5. The van der Waals surface area contributed by atoms with E-state index in [1.165, 1.54) is 18.4 Å². The van der Waals surface area contributed by atoms with Gasteiger partial charge in [-0.15, -0.1) is 6.42 Å². The molecule has 4 rings (SSSR count). The third-order valence-electron chi connectivity index (χ3n) is 7.29. The van der Waals surface area contributed by atoms with Gasteiger partial charge in [-0.1, -0.05) is 50.1 Å². The number of ketones is 1. The molecule has 2 aromatic carbocycles. The fraction of sp³-hybridized carbons (Fsp3) is 0.344. The number of carbonyl (C=O) groups is 1. The molecule has 3 aromatic rings. The maximum atomic E-state index is 13.2. The number of hydrogen-bond acceptors (Lipinski definition) is 3. The molecule has 1 heterocycles. The average molecular weight is 463 g/mol. The summed E-state index contributed by atoms with van der Waals surface area (Å²) in [5.74, 6) is 3.10. The van der Waals surface area contributed by atoms with Crippen LogP contribution < -0.4 is 0 Å². The highest BCUT2D eigenvalue weighted by Crippen LogP contribution is 2.45. The molecule has 0 aliphatic heterocycles. The van der Waals surface area contributed by atoms with Crippen molar-refractivity contribution in [3.8, 4) is 23.5 Å². The van der Waals surface area contributed by atoms with Crippen molar-refractivity contribution in [3.05, 3.63) is 88.7 Å². The molecule has 35 heavy (non-hydrogen) atoms. The monoisotopic (exact) mass is 462 g/mol. The zero-order chi connectivity index (χ0) is 25.2. The summed E-state index contributed by atoms with van der Waals surface area (Å²) in [6, 6.07) is 18.7. The lowest BCUT2D eigenvalue weighted by atomic mass is 9.66. The molecule has 178 valence electrons. The first kappa shape index (κ1) is 24.6. The molecule has 2 atom stereocenters. The molecule has 1 saturated carbocycles. The van der Waals surface area contributed by atoms with Gasteiger partial charge in [0.05, 0.1) is 5.92 Å². The van der Waals surface area contributed by atoms with Crippen LogP contribution in [0.3, 0.4) is 0 Å². The van der Waals surface area contributed by atoms with Crippen LogP contribution in [-0.4, -0.2) is 16.5 Å². The SMILES string of the molecule is C#Cc1cc(C)cc(-c2ccnc(C(C)(CC(=N)CC)C(C(C)=O)c3ccc(C4CC4)cc3)c2)c1. The van der Waals surface area contributed by atoms with E-state index in [1.807, 2.05) is 38.2 Å². The number of terminal acetylenes is 1. The number of hydrogen-bond donors (Lipinski definition) is 1. The van der Waals surface area contributed by atoms with Crippen molar-refractivity contribution >= 4 is 11.5 Å². The Morgan fingerprint density at radius 3 is 2.46 bits per heavy atom. The summed E-state index contributed by atoms with van der Waals surface area (Å²) in [5, 5.41) is 8.58. The largest absolute Gasteiger partial charge is 0.310 e. The number of rotatable bonds is 9. The smallest absolute Gasteiger partial charge is 0.138 e. The summed E-state index contributed by atoms with van der Waals surface area (Å²) >= 11 is 0. The highest BCUT2D eigenvalue weighted by atomic mass is 16.1. The van der Waals surface area contributed by atoms with Crippen LogP contribution in [0.25, 0.3) is 11.1 Å². The van der Waals surface area contributed by atoms with Crippen LogP contribution in [0.2, 0.25) is 0 Å². The van der Waals surface area contributed by atoms with Crippen LogP contribution in [0.1, 0.15) is 86.2 Å². The molecular formula is C32H34N2O. The third kappa shape index (κ3) is 5.28. The number of aryl methyl sites for hydroxylation is 1.